The highest BCUT2D eigenvalue weighted by Gasteiger charge is 2.31. The lowest BCUT2D eigenvalue weighted by atomic mass is 9.94. The number of nitrogens with two attached hydrogens (primary N) is 1. The Kier molecular flexibility index (Phi) is 3.94. The molecule has 1 aliphatic rings. The Balaban J connectivity index is 2.47. The summed E-state index contributed by atoms with van der Waals surface area (Å²) >= 11 is 5.27. The molecule has 1 amide bonds. The number of allylic oxidation sites excluding steroid dienone is 1. The second kappa shape index (κ2) is 5.50. The first kappa shape index (κ1) is 14.3. The van der Waals surface area contributed by atoms with Gasteiger partial charge in [-0.25, -0.2) is 0 Å². The van der Waals surface area contributed by atoms with E-state index in [1.165, 1.54) is 0 Å². The van der Waals surface area contributed by atoms with E-state index in [9.17, 15) is 4.79 Å². The first-order valence-corrected chi connectivity index (χ1v) is 6.55. The Morgan fingerprint density at radius 1 is 1.40 bits per heavy atom. The van der Waals surface area contributed by atoms with Crippen molar-refractivity contribution in [1.29, 1.82) is 0 Å². The molecule has 5 nitrogen and oxygen atoms in total. The highest BCUT2D eigenvalue weighted by atomic mass is 32.1. The second-order valence-corrected chi connectivity index (χ2v) is 4.96. The fourth-order valence-corrected chi connectivity index (χ4v) is 2.46. The monoisotopic (exact) mass is 291 g/mol. The van der Waals surface area contributed by atoms with Crippen molar-refractivity contribution in [2.24, 2.45) is 5.73 Å². The van der Waals surface area contributed by atoms with Crippen LogP contribution in [-0.2, 0) is 4.79 Å². The summed E-state index contributed by atoms with van der Waals surface area (Å²) in [5.41, 5.74) is 7.71. The van der Waals surface area contributed by atoms with Crippen molar-refractivity contribution >= 4 is 23.2 Å². The van der Waals surface area contributed by atoms with Crippen molar-refractivity contribution in [2.75, 3.05) is 14.2 Å². The van der Waals surface area contributed by atoms with Crippen molar-refractivity contribution < 1.29 is 9.53 Å². The predicted octanol–water partition coefficient (Wildman–Crippen LogP) is 1.32. The van der Waals surface area contributed by atoms with Crippen LogP contribution in [-0.4, -0.2) is 30.1 Å². The smallest absolute Gasteiger partial charge is 0.248 e. The Labute approximate surface area is 123 Å². The van der Waals surface area contributed by atoms with Gasteiger partial charge in [-0.2, -0.15) is 0 Å². The third-order valence-corrected chi connectivity index (χ3v) is 3.86. The number of carbonyl (C=O) groups excluding carboxylic acids is 1. The molecular weight excluding hydrogens is 274 g/mol. The van der Waals surface area contributed by atoms with Gasteiger partial charge in [0.2, 0.25) is 5.91 Å². The van der Waals surface area contributed by atoms with Crippen LogP contribution in [0.3, 0.4) is 0 Å². The fraction of sp³-hybridized carbons (Fsp3) is 0.286. The molecule has 0 spiro atoms. The molecular formula is C14H17N3O2S. The van der Waals surface area contributed by atoms with Crippen LogP contribution in [0.1, 0.15) is 18.5 Å². The molecule has 3 N–H and O–H groups in total. The molecule has 0 bridgehead atoms. The molecule has 20 heavy (non-hydrogen) atoms. The average molecular weight is 291 g/mol. The number of ether oxygens (including phenoxy) is 1. The topological polar surface area (TPSA) is 67.6 Å². The van der Waals surface area contributed by atoms with Gasteiger partial charge >= 0.3 is 0 Å². The van der Waals surface area contributed by atoms with E-state index < -0.39 is 5.91 Å². The molecule has 1 aromatic rings. The molecule has 0 aliphatic carbocycles. The summed E-state index contributed by atoms with van der Waals surface area (Å²) in [4.78, 5) is 13.5. The number of amides is 1. The Morgan fingerprint density at radius 3 is 2.50 bits per heavy atom. The van der Waals surface area contributed by atoms with Crippen LogP contribution in [0.15, 0.2) is 35.5 Å². The van der Waals surface area contributed by atoms with Crippen LogP contribution in [0.4, 0.5) is 0 Å². The quantitative estimate of drug-likeness (QED) is 0.822. The maximum atomic E-state index is 11.8. The lowest BCUT2D eigenvalue weighted by Gasteiger charge is -2.35. The first-order chi connectivity index (χ1) is 9.45. The SMILES string of the molecule is COc1ccc([C@@H]2NC(=S)N(C)C(C)=C2C(N)=O)cc1. The zero-order valence-electron chi connectivity index (χ0n) is 11.6. The van der Waals surface area contributed by atoms with Crippen molar-refractivity contribution in [3.63, 3.8) is 0 Å². The predicted molar refractivity (Wildman–Crippen MR) is 81.1 cm³/mol. The van der Waals surface area contributed by atoms with E-state index in [4.69, 9.17) is 22.7 Å². The average Bonchev–Trinajstić information content (AvgIpc) is 2.44. The van der Waals surface area contributed by atoms with Crippen molar-refractivity contribution in [3.05, 3.63) is 41.1 Å². The van der Waals surface area contributed by atoms with Gasteiger partial charge in [-0.15, -0.1) is 0 Å². The maximum Gasteiger partial charge on any atom is 0.248 e. The third kappa shape index (κ3) is 2.46. The highest BCUT2D eigenvalue weighted by molar-refractivity contribution is 7.80. The summed E-state index contributed by atoms with van der Waals surface area (Å²) in [7, 11) is 3.41. The molecule has 1 aliphatic heterocycles. The van der Waals surface area contributed by atoms with Crippen LogP contribution in [0.25, 0.3) is 0 Å². The number of rotatable bonds is 3. The summed E-state index contributed by atoms with van der Waals surface area (Å²) in [5, 5.41) is 3.70. The van der Waals surface area contributed by atoms with Gasteiger partial charge in [0.25, 0.3) is 0 Å². The number of nitrogens with one attached hydrogen (secondary N) is 1. The first-order valence-electron chi connectivity index (χ1n) is 6.14. The lowest BCUT2D eigenvalue weighted by molar-refractivity contribution is -0.115. The number of hydrogen-bond donors (Lipinski definition) is 2. The number of hydrogen-bond acceptors (Lipinski definition) is 3. The minimum absolute atomic E-state index is 0.331. The maximum absolute atomic E-state index is 11.8. The Hall–Kier alpha value is -2.08. The summed E-state index contributed by atoms with van der Waals surface area (Å²) in [6, 6.07) is 7.13. The van der Waals surface area contributed by atoms with Gasteiger partial charge in [0, 0.05) is 12.7 Å². The molecule has 1 heterocycles. The van der Waals surface area contributed by atoms with Crippen LogP contribution < -0.4 is 15.8 Å². The van der Waals surface area contributed by atoms with Gasteiger partial charge in [0.1, 0.15) is 5.75 Å². The van der Waals surface area contributed by atoms with Gasteiger partial charge in [0.15, 0.2) is 5.11 Å². The van der Waals surface area contributed by atoms with E-state index in [0.29, 0.717) is 10.7 Å². The molecule has 0 saturated carbocycles. The van der Waals surface area contributed by atoms with Crippen molar-refractivity contribution in [2.45, 2.75) is 13.0 Å². The van der Waals surface area contributed by atoms with Gasteiger partial charge in [-0.1, -0.05) is 12.1 Å². The molecule has 6 heteroatoms. The summed E-state index contributed by atoms with van der Waals surface area (Å²) in [5.74, 6) is 0.302. The summed E-state index contributed by atoms with van der Waals surface area (Å²) in [6.07, 6.45) is 0. The van der Waals surface area contributed by atoms with Crippen LogP contribution in [0, 0.1) is 0 Å². The number of thiocarbonyl (C=S) groups is 1. The van der Waals surface area contributed by atoms with E-state index >= 15 is 0 Å². The Bertz CT molecular complexity index is 581. The molecule has 0 radical (unpaired) electrons. The minimum Gasteiger partial charge on any atom is -0.497 e. The van der Waals surface area contributed by atoms with Gasteiger partial charge in [-0.05, 0) is 36.8 Å². The molecule has 106 valence electrons. The third-order valence-electron chi connectivity index (χ3n) is 3.47. The van der Waals surface area contributed by atoms with Crippen molar-refractivity contribution in [1.82, 2.24) is 10.2 Å². The molecule has 1 atom stereocenters. The highest BCUT2D eigenvalue weighted by Crippen LogP contribution is 2.30. The van der Waals surface area contributed by atoms with E-state index in [2.05, 4.69) is 5.32 Å². The molecule has 0 fully saturated rings. The number of benzene rings is 1. The van der Waals surface area contributed by atoms with Gasteiger partial charge in [0.05, 0.1) is 18.7 Å². The van der Waals surface area contributed by atoms with Crippen LogP contribution in [0.5, 0.6) is 5.75 Å². The molecule has 0 aromatic heterocycles. The van der Waals surface area contributed by atoms with Crippen molar-refractivity contribution in [3.8, 4) is 5.75 Å². The second-order valence-electron chi connectivity index (χ2n) is 4.58. The number of nitrogens with zero attached hydrogens (tertiary/aromatic N) is 1. The summed E-state index contributed by atoms with van der Waals surface area (Å²) < 4.78 is 5.13. The summed E-state index contributed by atoms with van der Waals surface area (Å²) in [6.45, 7) is 1.84. The normalized spacial score (nSPS) is 18.9. The molecule has 2 rings (SSSR count). The zero-order valence-corrected chi connectivity index (χ0v) is 12.5. The van der Waals surface area contributed by atoms with E-state index in [1.807, 2.05) is 31.2 Å². The molecule has 0 unspecified atom stereocenters. The van der Waals surface area contributed by atoms with Crippen LogP contribution >= 0.6 is 12.2 Å². The Morgan fingerprint density at radius 2 is 2.00 bits per heavy atom. The number of carbonyl (C=O) groups is 1. The fourth-order valence-electron chi connectivity index (χ4n) is 2.20. The van der Waals surface area contributed by atoms with Crippen LogP contribution in [0.2, 0.25) is 0 Å². The molecule has 0 saturated heterocycles. The van der Waals surface area contributed by atoms with Gasteiger partial charge < -0.3 is 20.7 Å². The molecule has 1 aromatic carbocycles. The van der Waals surface area contributed by atoms with E-state index in [0.717, 1.165) is 17.0 Å². The van der Waals surface area contributed by atoms with E-state index in [1.54, 1.807) is 19.1 Å². The standard InChI is InChI=1S/C14H17N3O2S/c1-8-11(13(15)18)12(16-14(20)17(8)2)9-4-6-10(19-3)7-5-9/h4-7,12H,1-3H3,(H2,15,18)(H,16,20)/t12-/m0/s1. The largest absolute Gasteiger partial charge is 0.497 e. The number of methoxy groups -OCH3 is 1. The number of primary amides is 1. The minimum atomic E-state index is -0.454. The lowest BCUT2D eigenvalue weighted by Crippen LogP contribution is -2.46. The zero-order chi connectivity index (χ0) is 14.9. The van der Waals surface area contributed by atoms with E-state index in [-0.39, 0.29) is 6.04 Å². The van der Waals surface area contributed by atoms with Gasteiger partial charge in [-0.3, -0.25) is 4.79 Å².